The Labute approximate surface area is 56.6 Å². The van der Waals surface area contributed by atoms with Crippen molar-refractivity contribution in [3.63, 3.8) is 0 Å². The SMILES string of the molecule is [B]N1CC=C(S)CC1. The Morgan fingerprint density at radius 3 is 2.88 bits per heavy atom. The maximum absolute atomic E-state index is 5.45. The summed E-state index contributed by atoms with van der Waals surface area (Å²) in [5.74, 6) is 0. The van der Waals surface area contributed by atoms with E-state index in [1.165, 1.54) is 0 Å². The van der Waals surface area contributed by atoms with Crippen molar-refractivity contribution in [1.29, 1.82) is 0 Å². The highest BCUT2D eigenvalue weighted by molar-refractivity contribution is 7.84. The van der Waals surface area contributed by atoms with Crippen molar-refractivity contribution < 1.29 is 0 Å². The van der Waals surface area contributed by atoms with Gasteiger partial charge in [-0.05, 0) is 17.9 Å². The third kappa shape index (κ3) is 1.56. The largest absolute Gasteiger partial charge is 0.350 e. The molecule has 3 heteroatoms. The molecule has 42 valence electrons. The number of thiol groups is 1. The van der Waals surface area contributed by atoms with Crippen LogP contribution >= 0.6 is 12.6 Å². The lowest BCUT2D eigenvalue weighted by Crippen LogP contribution is -2.24. The van der Waals surface area contributed by atoms with E-state index in [-0.39, 0.29) is 0 Å². The van der Waals surface area contributed by atoms with E-state index < -0.39 is 0 Å². The fraction of sp³-hybridized carbons (Fsp3) is 0.600. The van der Waals surface area contributed by atoms with Gasteiger partial charge in [0.25, 0.3) is 0 Å². The van der Waals surface area contributed by atoms with Gasteiger partial charge in [0.05, 0.1) is 0 Å². The van der Waals surface area contributed by atoms with Crippen LogP contribution in [0.15, 0.2) is 11.0 Å². The van der Waals surface area contributed by atoms with Crippen LogP contribution in [-0.4, -0.2) is 25.9 Å². The molecule has 1 aliphatic rings. The molecule has 1 nitrogen and oxygen atoms in total. The molecular formula is C5H8BNS. The Hall–Kier alpha value is 0.115. The second kappa shape index (κ2) is 2.60. The lowest BCUT2D eigenvalue weighted by Gasteiger charge is -2.19. The first-order valence-electron chi connectivity index (χ1n) is 2.66. The van der Waals surface area contributed by atoms with Gasteiger partial charge in [0, 0.05) is 6.54 Å². The molecule has 0 atom stereocenters. The minimum Gasteiger partial charge on any atom is -0.350 e. The first-order valence-corrected chi connectivity index (χ1v) is 3.11. The van der Waals surface area contributed by atoms with Gasteiger partial charge < -0.3 is 4.81 Å². The molecule has 1 heterocycles. The molecule has 2 radical (unpaired) electrons. The van der Waals surface area contributed by atoms with Crippen molar-refractivity contribution in [2.75, 3.05) is 13.1 Å². The third-order valence-electron chi connectivity index (χ3n) is 1.22. The summed E-state index contributed by atoms with van der Waals surface area (Å²) in [6.45, 7) is 1.79. The zero-order valence-corrected chi connectivity index (χ0v) is 5.56. The van der Waals surface area contributed by atoms with E-state index in [1.807, 2.05) is 6.08 Å². The van der Waals surface area contributed by atoms with Crippen LogP contribution in [-0.2, 0) is 0 Å². The fourth-order valence-electron chi connectivity index (χ4n) is 0.674. The highest BCUT2D eigenvalue weighted by Crippen LogP contribution is 2.10. The summed E-state index contributed by atoms with van der Waals surface area (Å²) < 4.78 is 0. The molecule has 8 heavy (non-hydrogen) atoms. The van der Waals surface area contributed by atoms with E-state index >= 15 is 0 Å². The Balaban J connectivity index is 2.42. The van der Waals surface area contributed by atoms with E-state index in [0.29, 0.717) is 0 Å². The molecular weight excluding hydrogens is 117 g/mol. The quantitative estimate of drug-likeness (QED) is 0.366. The number of hydrogen-bond donors (Lipinski definition) is 1. The van der Waals surface area contributed by atoms with Gasteiger partial charge in [-0.1, -0.05) is 6.08 Å². The van der Waals surface area contributed by atoms with Crippen LogP contribution < -0.4 is 0 Å². The molecule has 0 saturated carbocycles. The molecule has 0 aliphatic carbocycles. The summed E-state index contributed by atoms with van der Waals surface area (Å²) in [5, 5.41) is 0. The van der Waals surface area contributed by atoms with E-state index in [2.05, 4.69) is 12.6 Å². The maximum Gasteiger partial charge on any atom is 0.182 e. The summed E-state index contributed by atoms with van der Waals surface area (Å²) in [5.41, 5.74) is 0. The molecule has 0 bridgehead atoms. The molecule has 0 aromatic heterocycles. The lowest BCUT2D eigenvalue weighted by atomic mass is 10.2. The molecule has 0 aromatic rings. The van der Waals surface area contributed by atoms with Gasteiger partial charge in [-0.25, -0.2) is 0 Å². The standard InChI is InChI=1S/C5H8BNS/c6-7-3-1-5(8)2-4-7/h1,8H,2-4H2. The fourth-order valence-corrected chi connectivity index (χ4v) is 0.856. The third-order valence-corrected chi connectivity index (χ3v) is 1.62. The molecule has 0 amide bonds. The van der Waals surface area contributed by atoms with Crippen molar-refractivity contribution in [2.24, 2.45) is 0 Å². The van der Waals surface area contributed by atoms with E-state index in [4.69, 9.17) is 7.98 Å². The topological polar surface area (TPSA) is 3.24 Å². The number of rotatable bonds is 0. The molecule has 0 spiro atoms. The Bertz CT molecular complexity index is 113. The molecule has 0 saturated heterocycles. The predicted octanol–water partition coefficient (Wildman–Crippen LogP) is 0.589. The lowest BCUT2D eigenvalue weighted by molar-refractivity contribution is 0.489. The van der Waals surface area contributed by atoms with Gasteiger partial charge in [0.2, 0.25) is 0 Å². The highest BCUT2D eigenvalue weighted by Gasteiger charge is 2.02. The Kier molecular flexibility index (Phi) is 2.03. The maximum atomic E-state index is 5.45. The molecule has 0 unspecified atom stereocenters. The molecule has 0 fully saturated rings. The van der Waals surface area contributed by atoms with Crippen LogP contribution in [0.3, 0.4) is 0 Å². The zero-order valence-electron chi connectivity index (χ0n) is 4.67. The number of nitrogens with zero attached hydrogens (tertiary/aromatic N) is 1. The van der Waals surface area contributed by atoms with Crippen molar-refractivity contribution in [3.8, 4) is 0 Å². The van der Waals surface area contributed by atoms with Crippen LogP contribution in [0.2, 0.25) is 0 Å². The van der Waals surface area contributed by atoms with Gasteiger partial charge in [-0.15, -0.1) is 12.6 Å². The van der Waals surface area contributed by atoms with Gasteiger partial charge in [-0.2, -0.15) is 0 Å². The van der Waals surface area contributed by atoms with Crippen molar-refractivity contribution >= 4 is 20.6 Å². The van der Waals surface area contributed by atoms with Crippen LogP contribution in [0.4, 0.5) is 0 Å². The summed E-state index contributed by atoms with van der Waals surface area (Å²) in [6.07, 6.45) is 3.03. The first-order chi connectivity index (χ1) is 3.79. The van der Waals surface area contributed by atoms with Crippen LogP contribution in [0.1, 0.15) is 6.42 Å². The van der Waals surface area contributed by atoms with E-state index in [9.17, 15) is 0 Å². The normalized spacial score (nSPS) is 22.9. The summed E-state index contributed by atoms with van der Waals surface area (Å²) in [4.78, 5) is 2.94. The second-order valence-electron chi connectivity index (χ2n) is 1.94. The Morgan fingerprint density at radius 2 is 2.50 bits per heavy atom. The zero-order chi connectivity index (χ0) is 5.98. The molecule has 0 N–H and O–H groups in total. The van der Waals surface area contributed by atoms with Crippen molar-refractivity contribution in [3.05, 3.63) is 11.0 Å². The number of hydrogen-bond acceptors (Lipinski definition) is 2. The van der Waals surface area contributed by atoms with Crippen LogP contribution in [0.5, 0.6) is 0 Å². The minimum atomic E-state index is 0.846. The van der Waals surface area contributed by atoms with E-state index in [1.54, 1.807) is 4.81 Å². The molecule has 0 aromatic carbocycles. The second-order valence-corrected chi connectivity index (χ2v) is 2.51. The van der Waals surface area contributed by atoms with Crippen molar-refractivity contribution in [1.82, 2.24) is 4.81 Å². The molecule has 1 aliphatic heterocycles. The Morgan fingerprint density at radius 1 is 1.75 bits per heavy atom. The summed E-state index contributed by atoms with van der Waals surface area (Å²) in [6, 6.07) is 0. The molecule has 1 rings (SSSR count). The average Bonchev–Trinajstić information content (AvgIpc) is 1.77. The van der Waals surface area contributed by atoms with Gasteiger partial charge >= 0.3 is 0 Å². The van der Waals surface area contributed by atoms with Gasteiger partial charge in [-0.3, -0.25) is 0 Å². The van der Waals surface area contributed by atoms with Gasteiger partial charge in [0.15, 0.2) is 7.98 Å². The summed E-state index contributed by atoms with van der Waals surface area (Å²) in [7, 11) is 5.45. The predicted molar refractivity (Wildman–Crippen MR) is 39.0 cm³/mol. The van der Waals surface area contributed by atoms with Gasteiger partial charge in [0.1, 0.15) is 0 Å². The van der Waals surface area contributed by atoms with Crippen LogP contribution in [0.25, 0.3) is 0 Å². The highest BCUT2D eigenvalue weighted by atomic mass is 32.1. The summed E-state index contributed by atoms with van der Waals surface area (Å²) >= 11 is 4.18. The first kappa shape index (κ1) is 6.24. The average molecular weight is 125 g/mol. The van der Waals surface area contributed by atoms with E-state index in [0.717, 1.165) is 24.4 Å². The monoisotopic (exact) mass is 125 g/mol. The minimum absolute atomic E-state index is 0.846. The smallest absolute Gasteiger partial charge is 0.182 e. The van der Waals surface area contributed by atoms with Crippen LogP contribution in [0, 0.1) is 0 Å². The van der Waals surface area contributed by atoms with Crippen molar-refractivity contribution in [2.45, 2.75) is 6.42 Å².